The summed E-state index contributed by atoms with van der Waals surface area (Å²) in [5.74, 6) is 0.230. The Kier molecular flexibility index (Phi) is 5.07. The summed E-state index contributed by atoms with van der Waals surface area (Å²) >= 11 is 5.86. The van der Waals surface area contributed by atoms with Gasteiger partial charge in [0.05, 0.1) is 5.71 Å². The lowest BCUT2D eigenvalue weighted by Gasteiger charge is -2.15. The van der Waals surface area contributed by atoms with Gasteiger partial charge in [-0.2, -0.15) is 0 Å². The predicted molar refractivity (Wildman–Crippen MR) is 107 cm³/mol. The first-order valence-corrected chi connectivity index (χ1v) is 9.25. The Hall–Kier alpha value is -2.85. The zero-order valence-electron chi connectivity index (χ0n) is 14.6. The first-order valence-electron chi connectivity index (χ1n) is 8.87. The summed E-state index contributed by atoms with van der Waals surface area (Å²) in [4.78, 5) is 17.4. The van der Waals surface area contributed by atoms with Gasteiger partial charge in [-0.15, -0.1) is 0 Å². The Morgan fingerprint density at radius 3 is 2.59 bits per heavy atom. The lowest BCUT2D eigenvalue weighted by atomic mass is 9.88. The molecule has 1 amide bonds. The van der Waals surface area contributed by atoms with E-state index in [0.29, 0.717) is 11.6 Å². The van der Waals surface area contributed by atoms with Gasteiger partial charge in [0.25, 0.3) is 5.91 Å². The van der Waals surface area contributed by atoms with Gasteiger partial charge in [0.2, 0.25) is 0 Å². The minimum absolute atomic E-state index is 0.115. The minimum Gasteiger partial charge on any atom is -0.385 e. The normalized spacial score (nSPS) is 21.0. The zero-order valence-corrected chi connectivity index (χ0v) is 15.4. The molecule has 4 rings (SSSR count). The lowest BCUT2D eigenvalue weighted by Crippen LogP contribution is -2.26. The summed E-state index contributed by atoms with van der Waals surface area (Å²) in [6.45, 7) is 0.313. The first kappa shape index (κ1) is 17.6. The van der Waals surface area contributed by atoms with E-state index in [9.17, 15) is 4.79 Å². The maximum atomic E-state index is 12.0. The molecule has 2 aromatic rings. The van der Waals surface area contributed by atoms with E-state index < -0.39 is 0 Å². The van der Waals surface area contributed by atoms with Crippen molar-refractivity contribution in [3.05, 3.63) is 94.5 Å². The average molecular weight is 379 g/mol. The number of hydrogen-bond donors (Lipinski definition) is 1. The van der Waals surface area contributed by atoms with Crippen LogP contribution in [0.3, 0.4) is 0 Å². The summed E-state index contributed by atoms with van der Waals surface area (Å²) < 4.78 is 0. The molecule has 0 radical (unpaired) electrons. The Balaban J connectivity index is 1.38. The molecule has 0 heterocycles. The van der Waals surface area contributed by atoms with Crippen molar-refractivity contribution in [2.24, 2.45) is 11.1 Å². The summed E-state index contributed by atoms with van der Waals surface area (Å²) in [6, 6.07) is 15.6. The SMILES string of the molecule is O=C(CO/N=C1\c2ccccc2[C@H]2C=CC=C[C@H]12)NCc1ccc(Cl)cc1. The monoisotopic (exact) mass is 378 g/mol. The molecule has 2 aliphatic rings. The molecule has 0 spiro atoms. The van der Waals surface area contributed by atoms with E-state index in [0.717, 1.165) is 16.8 Å². The molecule has 2 aromatic carbocycles. The molecule has 4 nitrogen and oxygen atoms in total. The molecular weight excluding hydrogens is 360 g/mol. The molecule has 0 unspecified atom stereocenters. The van der Waals surface area contributed by atoms with Crippen molar-refractivity contribution in [3.63, 3.8) is 0 Å². The van der Waals surface area contributed by atoms with Crippen molar-refractivity contribution in [2.45, 2.75) is 12.5 Å². The van der Waals surface area contributed by atoms with Crippen LogP contribution in [0.5, 0.6) is 0 Å². The van der Waals surface area contributed by atoms with Gasteiger partial charge in [0.1, 0.15) is 0 Å². The first-order chi connectivity index (χ1) is 13.2. The fraction of sp³-hybridized carbons (Fsp3) is 0.182. The van der Waals surface area contributed by atoms with Gasteiger partial charge in [-0.25, -0.2) is 0 Å². The van der Waals surface area contributed by atoms with Crippen molar-refractivity contribution in [1.29, 1.82) is 0 Å². The van der Waals surface area contributed by atoms with Gasteiger partial charge in [-0.05, 0) is 23.3 Å². The fourth-order valence-electron chi connectivity index (χ4n) is 3.49. The van der Waals surface area contributed by atoms with Crippen molar-refractivity contribution >= 4 is 23.2 Å². The smallest absolute Gasteiger partial charge is 0.261 e. The minimum atomic E-state index is -0.212. The summed E-state index contributed by atoms with van der Waals surface area (Å²) in [6.07, 6.45) is 8.41. The Morgan fingerprint density at radius 1 is 1.04 bits per heavy atom. The van der Waals surface area contributed by atoms with Crippen LogP contribution in [0.2, 0.25) is 5.02 Å². The molecule has 27 heavy (non-hydrogen) atoms. The summed E-state index contributed by atoms with van der Waals surface area (Å²) in [5, 5.41) is 7.80. The van der Waals surface area contributed by atoms with Gasteiger partial charge in [0.15, 0.2) is 6.61 Å². The number of halogens is 1. The van der Waals surface area contributed by atoms with Gasteiger partial charge in [-0.3, -0.25) is 4.79 Å². The Bertz CT molecular complexity index is 932. The number of hydrogen-bond acceptors (Lipinski definition) is 3. The molecular formula is C22H19ClN2O2. The van der Waals surface area contributed by atoms with Crippen LogP contribution in [0.1, 0.15) is 22.6 Å². The highest BCUT2D eigenvalue weighted by Crippen LogP contribution is 2.41. The molecule has 2 atom stereocenters. The maximum Gasteiger partial charge on any atom is 0.261 e. The average Bonchev–Trinajstić information content (AvgIpc) is 3.02. The second-order valence-electron chi connectivity index (χ2n) is 6.56. The number of nitrogens with zero attached hydrogens (tertiary/aromatic N) is 1. The molecule has 136 valence electrons. The van der Waals surface area contributed by atoms with Crippen LogP contribution in [0.4, 0.5) is 0 Å². The quantitative estimate of drug-likeness (QED) is 0.792. The van der Waals surface area contributed by atoms with Crippen molar-refractivity contribution in [2.75, 3.05) is 6.61 Å². The van der Waals surface area contributed by atoms with E-state index in [2.05, 4.69) is 40.8 Å². The number of allylic oxidation sites excluding steroid dienone is 4. The molecule has 0 aromatic heterocycles. The second kappa shape index (κ2) is 7.80. The van der Waals surface area contributed by atoms with Crippen LogP contribution >= 0.6 is 11.6 Å². The zero-order chi connectivity index (χ0) is 18.6. The standard InChI is InChI=1S/C22H19ClN2O2/c23-16-11-9-15(10-12-16)13-24-21(26)14-27-25-22-19-7-3-1-5-17(19)18-6-2-4-8-20(18)22/h1-12,17,19H,13-14H2,(H,24,26)/b25-22-/t17-,19+/m1/s1. The number of nitrogens with one attached hydrogen (secondary N) is 1. The number of carbonyl (C=O) groups excluding carboxylic acids is 1. The molecule has 0 saturated heterocycles. The molecule has 2 aliphatic carbocycles. The molecule has 0 fully saturated rings. The van der Waals surface area contributed by atoms with Crippen molar-refractivity contribution < 1.29 is 9.63 Å². The van der Waals surface area contributed by atoms with E-state index in [1.807, 2.05) is 30.3 Å². The van der Waals surface area contributed by atoms with Gasteiger partial charge in [-0.1, -0.05) is 77.5 Å². The van der Waals surface area contributed by atoms with E-state index in [4.69, 9.17) is 16.4 Å². The van der Waals surface area contributed by atoms with E-state index in [1.165, 1.54) is 5.56 Å². The van der Waals surface area contributed by atoms with Crippen LogP contribution in [-0.2, 0) is 16.2 Å². The second-order valence-corrected chi connectivity index (χ2v) is 7.00. The van der Waals surface area contributed by atoms with Gasteiger partial charge < -0.3 is 10.2 Å². The molecule has 0 aliphatic heterocycles. The number of fused-ring (bicyclic) bond motifs is 3. The van der Waals surface area contributed by atoms with Crippen LogP contribution < -0.4 is 5.32 Å². The van der Waals surface area contributed by atoms with Crippen molar-refractivity contribution in [1.82, 2.24) is 5.32 Å². The molecule has 1 N–H and O–H groups in total. The maximum absolute atomic E-state index is 12.0. The largest absolute Gasteiger partial charge is 0.385 e. The van der Waals surface area contributed by atoms with E-state index in [-0.39, 0.29) is 24.3 Å². The highest BCUT2D eigenvalue weighted by atomic mass is 35.5. The highest BCUT2D eigenvalue weighted by molar-refractivity contribution is 6.30. The molecule has 0 bridgehead atoms. The Morgan fingerprint density at radius 2 is 1.78 bits per heavy atom. The van der Waals surface area contributed by atoms with Crippen LogP contribution in [0.15, 0.2) is 78.0 Å². The van der Waals surface area contributed by atoms with Crippen LogP contribution in [-0.4, -0.2) is 18.2 Å². The number of oxime groups is 1. The van der Waals surface area contributed by atoms with Crippen molar-refractivity contribution in [3.8, 4) is 0 Å². The van der Waals surface area contributed by atoms with Gasteiger partial charge >= 0.3 is 0 Å². The number of carbonyl (C=O) groups is 1. The van der Waals surface area contributed by atoms with Crippen LogP contribution in [0, 0.1) is 5.92 Å². The van der Waals surface area contributed by atoms with Gasteiger partial charge in [0, 0.05) is 29.0 Å². The Labute approximate surface area is 163 Å². The number of benzene rings is 2. The summed E-state index contributed by atoms with van der Waals surface area (Å²) in [5.41, 5.74) is 4.19. The number of amides is 1. The third-order valence-corrected chi connectivity index (χ3v) is 5.06. The summed E-state index contributed by atoms with van der Waals surface area (Å²) in [7, 11) is 0. The van der Waals surface area contributed by atoms with Crippen LogP contribution in [0.25, 0.3) is 0 Å². The topological polar surface area (TPSA) is 50.7 Å². The third kappa shape index (κ3) is 3.81. The lowest BCUT2D eigenvalue weighted by molar-refractivity contribution is -0.125. The highest BCUT2D eigenvalue weighted by Gasteiger charge is 2.36. The van der Waals surface area contributed by atoms with E-state index >= 15 is 0 Å². The number of rotatable bonds is 5. The third-order valence-electron chi connectivity index (χ3n) is 4.81. The molecule has 0 saturated carbocycles. The predicted octanol–water partition coefficient (Wildman–Crippen LogP) is 4.22. The molecule has 5 heteroatoms. The van der Waals surface area contributed by atoms with E-state index in [1.54, 1.807) is 12.1 Å². The fourth-order valence-corrected chi connectivity index (χ4v) is 3.62.